The molecule has 0 bridgehead atoms. The standard InChI is InChI=1S/C17H19ClN2O4/c18-10-4-5-11(16(22)20-6-2-1-3-7-20)14(8-10)19-15(21)12-9-13(12)17(23)24/h4-5,8,12-13H,1-3,6-7,9H2,(H,19,21)(H,23,24). The topological polar surface area (TPSA) is 86.7 Å². The van der Waals surface area contributed by atoms with E-state index in [1.807, 2.05) is 0 Å². The summed E-state index contributed by atoms with van der Waals surface area (Å²) in [6, 6.07) is 4.76. The summed E-state index contributed by atoms with van der Waals surface area (Å²) in [7, 11) is 0. The molecular weight excluding hydrogens is 332 g/mol. The number of hydrogen-bond acceptors (Lipinski definition) is 3. The summed E-state index contributed by atoms with van der Waals surface area (Å²) in [5, 5.41) is 12.0. The van der Waals surface area contributed by atoms with Crippen LogP contribution in [0.25, 0.3) is 0 Å². The molecule has 3 rings (SSSR count). The van der Waals surface area contributed by atoms with Gasteiger partial charge >= 0.3 is 5.97 Å². The number of benzene rings is 1. The van der Waals surface area contributed by atoms with Crippen molar-refractivity contribution in [2.45, 2.75) is 25.7 Å². The second-order valence-electron chi connectivity index (χ2n) is 6.32. The molecule has 2 aliphatic rings. The van der Waals surface area contributed by atoms with Crippen molar-refractivity contribution in [1.82, 2.24) is 4.90 Å². The molecule has 2 amide bonds. The van der Waals surface area contributed by atoms with Crippen LogP contribution >= 0.6 is 11.6 Å². The maximum atomic E-state index is 12.7. The number of nitrogens with zero attached hydrogens (tertiary/aromatic N) is 1. The van der Waals surface area contributed by atoms with E-state index < -0.39 is 17.8 Å². The number of aliphatic carboxylic acids is 1. The van der Waals surface area contributed by atoms with Crippen LogP contribution in [-0.2, 0) is 9.59 Å². The minimum absolute atomic E-state index is 0.132. The zero-order valence-electron chi connectivity index (χ0n) is 13.1. The van der Waals surface area contributed by atoms with Crippen LogP contribution in [0.15, 0.2) is 18.2 Å². The van der Waals surface area contributed by atoms with Crippen molar-refractivity contribution in [3.8, 4) is 0 Å². The Hall–Kier alpha value is -2.08. The molecule has 2 N–H and O–H groups in total. The van der Waals surface area contributed by atoms with Gasteiger partial charge in [0, 0.05) is 18.1 Å². The summed E-state index contributed by atoms with van der Waals surface area (Å²) < 4.78 is 0. The highest BCUT2D eigenvalue weighted by molar-refractivity contribution is 6.31. The van der Waals surface area contributed by atoms with Crippen molar-refractivity contribution in [2.24, 2.45) is 11.8 Å². The summed E-state index contributed by atoms with van der Waals surface area (Å²) in [5.74, 6) is -2.65. The number of carbonyl (C=O) groups excluding carboxylic acids is 2. The van der Waals surface area contributed by atoms with Crippen LogP contribution in [0.4, 0.5) is 5.69 Å². The molecule has 1 aromatic carbocycles. The van der Waals surface area contributed by atoms with Crippen LogP contribution < -0.4 is 5.32 Å². The smallest absolute Gasteiger partial charge is 0.307 e. The van der Waals surface area contributed by atoms with E-state index in [1.54, 1.807) is 17.0 Å². The Morgan fingerprint density at radius 3 is 2.46 bits per heavy atom. The average molecular weight is 351 g/mol. The first kappa shape index (κ1) is 16.8. The van der Waals surface area contributed by atoms with Crippen molar-refractivity contribution in [3.63, 3.8) is 0 Å². The highest BCUT2D eigenvalue weighted by Gasteiger charge is 2.48. The minimum Gasteiger partial charge on any atom is -0.481 e. The molecule has 1 aromatic rings. The van der Waals surface area contributed by atoms with Gasteiger partial charge in [-0.15, -0.1) is 0 Å². The molecule has 128 valence electrons. The largest absolute Gasteiger partial charge is 0.481 e. The fourth-order valence-corrected chi connectivity index (χ4v) is 3.23. The van der Waals surface area contributed by atoms with Gasteiger partial charge < -0.3 is 15.3 Å². The summed E-state index contributed by atoms with van der Waals surface area (Å²) >= 11 is 5.99. The highest BCUT2D eigenvalue weighted by Crippen LogP contribution is 2.39. The number of anilines is 1. The van der Waals surface area contributed by atoms with E-state index in [9.17, 15) is 14.4 Å². The number of carbonyl (C=O) groups is 3. The molecule has 1 aliphatic heterocycles. The summed E-state index contributed by atoms with van der Waals surface area (Å²) in [5.41, 5.74) is 0.737. The lowest BCUT2D eigenvalue weighted by Gasteiger charge is -2.27. The van der Waals surface area contributed by atoms with Gasteiger partial charge in [0.15, 0.2) is 0 Å². The van der Waals surface area contributed by atoms with Crippen LogP contribution in [0.3, 0.4) is 0 Å². The van der Waals surface area contributed by atoms with Crippen molar-refractivity contribution < 1.29 is 19.5 Å². The Kier molecular flexibility index (Phi) is 4.76. The zero-order valence-corrected chi connectivity index (χ0v) is 13.9. The number of halogens is 1. The van der Waals surface area contributed by atoms with Crippen molar-refractivity contribution in [1.29, 1.82) is 0 Å². The predicted molar refractivity (Wildman–Crippen MR) is 89.1 cm³/mol. The Bertz CT molecular complexity index is 685. The van der Waals surface area contributed by atoms with Gasteiger partial charge in [-0.05, 0) is 43.9 Å². The molecule has 2 fully saturated rings. The fraction of sp³-hybridized carbons (Fsp3) is 0.471. The van der Waals surface area contributed by atoms with E-state index in [0.717, 1.165) is 19.3 Å². The molecule has 2 atom stereocenters. The van der Waals surface area contributed by atoms with Gasteiger partial charge in [-0.25, -0.2) is 0 Å². The van der Waals surface area contributed by atoms with Crippen LogP contribution in [0.2, 0.25) is 5.02 Å². The molecule has 1 heterocycles. The van der Waals surface area contributed by atoms with Crippen LogP contribution in [0.5, 0.6) is 0 Å². The first-order chi connectivity index (χ1) is 11.5. The molecule has 0 aromatic heterocycles. The van der Waals surface area contributed by atoms with E-state index in [4.69, 9.17) is 16.7 Å². The second kappa shape index (κ2) is 6.81. The normalized spacial score (nSPS) is 22.8. The van der Waals surface area contributed by atoms with E-state index >= 15 is 0 Å². The summed E-state index contributed by atoms with van der Waals surface area (Å²) in [4.78, 5) is 37.6. The van der Waals surface area contributed by atoms with Crippen molar-refractivity contribution in [3.05, 3.63) is 28.8 Å². The lowest BCUT2D eigenvalue weighted by atomic mass is 10.1. The van der Waals surface area contributed by atoms with Gasteiger partial charge in [0.1, 0.15) is 0 Å². The number of piperidine rings is 1. The fourth-order valence-electron chi connectivity index (χ4n) is 3.06. The lowest BCUT2D eigenvalue weighted by molar-refractivity contribution is -0.139. The lowest BCUT2D eigenvalue weighted by Crippen LogP contribution is -2.36. The molecule has 0 radical (unpaired) electrons. The van der Waals surface area contributed by atoms with Gasteiger partial charge in [0.25, 0.3) is 5.91 Å². The van der Waals surface area contributed by atoms with Gasteiger partial charge in [0.05, 0.1) is 23.1 Å². The summed E-state index contributed by atoms with van der Waals surface area (Å²) in [6.45, 7) is 1.41. The monoisotopic (exact) mass is 350 g/mol. The molecule has 1 saturated carbocycles. The third-order valence-corrected chi connectivity index (χ3v) is 4.79. The highest BCUT2D eigenvalue weighted by atomic mass is 35.5. The number of nitrogens with one attached hydrogen (secondary N) is 1. The Labute approximate surface area is 144 Å². The number of amides is 2. The van der Waals surface area contributed by atoms with Crippen molar-refractivity contribution >= 4 is 35.1 Å². The number of carboxylic acids is 1. The SMILES string of the molecule is O=C(O)C1CC1C(=O)Nc1cc(Cl)ccc1C(=O)N1CCCCC1. The molecule has 1 saturated heterocycles. The maximum Gasteiger partial charge on any atom is 0.307 e. The third-order valence-electron chi connectivity index (χ3n) is 4.56. The number of likely N-dealkylation sites (tertiary alicyclic amines) is 1. The molecule has 7 heteroatoms. The molecule has 0 spiro atoms. The van der Waals surface area contributed by atoms with Crippen LogP contribution in [0, 0.1) is 11.8 Å². The average Bonchev–Trinajstić information content (AvgIpc) is 3.36. The van der Waals surface area contributed by atoms with Gasteiger partial charge in [-0.3, -0.25) is 14.4 Å². The maximum absolute atomic E-state index is 12.7. The first-order valence-electron chi connectivity index (χ1n) is 8.10. The molecule has 24 heavy (non-hydrogen) atoms. The molecule has 6 nitrogen and oxygen atoms in total. The van der Waals surface area contributed by atoms with Gasteiger partial charge in [0.2, 0.25) is 5.91 Å². The predicted octanol–water partition coefficient (Wildman–Crippen LogP) is 2.63. The second-order valence-corrected chi connectivity index (χ2v) is 6.76. The number of hydrogen-bond donors (Lipinski definition) is 2. The van der Waals surface area contributed by atoms with E-state index in [1.165, 1.54) is 6.07 Å². The molecular formula is C17H19ClN2O4. The van der Waals surface area contributed by atoms with Gasteiger partial charge in [-0.1, -0.05) is 11.6 Å². The van der Waals surface area contributed by atoms with Gasteiger partial charge in [-0.2, -0.15) is 0 Å². The van der Waals surface area contributed by atoms with Crippen LogP contribution in [0.1, 0.15) is 36.0 Å². The van der Waals surface area contributed by atoms with Crippen molar-refractivity contribution in [2.75, 3.05) is 18.4 Å². The zero-order chi connectivity index (χ0) is 17.3. The van der Waals surface area contributed by atoms with E-state index in [0.29, 0.717) is 35.8 Å². The molecule has 2 unspecified atom stereocenters. The summed E-state index contributed by atoms with van der Waals surface area (Å²) in [6.07, 6.45) is 3.40. The Morgan fingerprint density at radius 1 is 1.12 bits per heavy atom. The van der Waals surface area contributed by atoms with Crippen LogP contribution in [-0.4, -0.2) is 40.9 Å². The number of carboxylic acid groups (broad SMARTS) is 1. The third kappa shape index (κ3) is 3.53. The molecule has 1 aliphatic carbocycles. The minimum atomic E-state index is -0.967. The first-order valence-corrected chi connectivity index (χ1v) is 8.47. The Balaban J connectivity index is 1.77. The van der Waals surface area contributed by atoms with E-state index in [-0.39, 0.29) is 11.8 Å². The Morgan fingerprint density at radius 2 is 1.83 bits per heavy atom. The number of rotatable bonds is 4. The quantitative estimate of drug-likeness (QED) is 0.873. The van der Waals surface area contributed by atoms with E-state index in [2.05, 4.69) is 5.32 Å².